The van der Waals surface area contributed by atoms with Gasteiger partial charge in [-0.15, -0.1) is 6.58 Å². The van der Waals surface area contributed by atoms with Gasteiger partial charge >= 0.3 is 5.97 Å². The summed E-state index contributed by atoms with van der Waals surface area (Å²) in [5.41, 5.74) is -0.551. The molecule has 0 atom stereocenters. The molecule has 0 aliphatic heterocycles. The van der Waals surface area contributed by atoms with Crippen molar-refractivity contribution in [1.29, 1.82) is 0 Å². The van der Waals surface area contributed by atoms with Crippen molar-refractivity contribution < 1.29 is 27.1 Å². The number of amides is 1. The molecule has 0 bridgehead atoms. The number of carbonyl (C=O) groups excluding carboxylic acids is 2. The van der Waals surface area contributed by atoms with E-state index in [2.05, 4.69) is 11.9 Å². The largest absolute Gasteiger partial charge is 0.452 e. The van der Waals surface area contributed by atoms with Crippen molar-refractivity contribution in [3.05, 3.63) is 42.2 Å². The highest BCUT2D eigenvalue weighted by Crippen LogP contribution is 2.19. The van der Waals surface area contributed by atoms with E-state index in [1.165, 1.54) is 10.4 Å². The van der Waals surface area contributed by atoms with Crippen LogP contribution in [0.4, 0.5) is 4.39 Å². The lowest BCUT2D eigenvalue weighted by atomic mass is 10.2. The Hall–Kier alpha value is -2.26. The van der Waals surface area contributed by atoms with Gasteiger partial charge in [0.1, 0.15) is 5.82 Å². The molecule has 138 valence electrons. The Morgan fingerprint density at radius 3 is 2.52 bits per heavy atom. The van der Waals surface area contributed by atoms with E-state index in [-0.39, 0.29) is 24.5 Å². The van der Waals surface area contributed by atoms with Gasteiger partial charge in [0.25, 0.3) is 5.91 Å². The number of sulfonamides is 1. The van der Waals surface area contributed by atoms with Gasteiger partial charge in [-0.25, -0.2) is 17.6 Å². The lowest BCUT2D eigenvalue weighted by Gasteiger charge is -2.18. The fourth-order valence-corrected chi connectivity index (χ4v) is 3.46. The maximum absolute atomic E-state index is 13.9. The van der Waals surface area contributed by atoms with Gasteiger partial charge in [-0.3, -0.25) is 4.79 Å². The van der Waals surface area contributed by atoms with Gasteiger partial charge in [0.15, 0.2) is 6.61 Å². The molecule has 0 spiro atoms. The standard InChI is InChI=1S/C16H21FN2O5S/c1-4-9-18-15(20)11-24-16(21)13-10-12(7-8-14(13)17)25(22,23)19(5-2)6-3/h4,7-8,10H,1,5-6,9,11H2,2-3H3,(H,18,20). The Labute approximate surface area is 146 Å². The van der Waals surface area contributed by atoms with Crippen LogP contribution in [0.25, 0.3) is 0 Å². The molecule has 7 nitrogen and oxygen atoms in total. The molecule has 0 aliphatic carbocycles. The molecule has 1 aromatic carbocycles. The normalized spacial score (nSPS) is 11.2. The van der Waals surface area contributed by atoms with E-state index in [1.54, 1.807) is 13.8 Å². The molecule has 1 rings (SSSR count). The van der Waals surface area contributed by atoms with E-state index in [0.29, 0.717) is 0 Å². The Morgan fingerprint density at radius 1 is 1.32 bits per heavy atom. The van der Waals surface area contributed by atoms with Crippen molar-refractivity contribution in [3.8, 4) is 0 Å². The van der Waals surface area contributed by atoms with Crippen molar-refractivity contribution >= 4 is 21.9 Å². The first-order valence-corrected chi connectivity index (χ1v) is 9.06. The minimum absolute atomic E-state index is 0.197. The SMILES string of the molecule is C=CCNC(=O)COC(=O)c1cc(S(=O)(=O)N(CC)CC)ccc1F. The van der Waals surface area contributed by atoms with Crippen molar-refractivity contribution in [1.82, 2.24) is 9.62 Å². The van der Waals surface area contributed by atoms with Crippen molar-refractivity contribution in [2.24, 2.45) is 0 Å². The van der Waals surface area contributed by atoms with Gasteiger partial charge < -0.3 is 10.1 Å². The van der Waals surface area contributed by atoms with Gasteiger partial charge in [0.05, 0.1) is 10.5 Å². The molecule has 25 heavy (non-hydrogen) atoms. The molecule has 0 saturated heterocycles. The van der Waals surface area contributed by atoms with Crippen LogP contribution < -0.4 is 5.32 Å². The van der Waals surface area contributed by atoms with E-state index < -0.39 is 39.9 Å². The molecule has 0 heterocycles. The minimum atomic E-state index is -3.85. The summed E-state index contributed by atoms with van der Waals surface area (Å²) in [5, 5.41) is 2.39. The molecular weight excluding hydrogens is 351 g/mol. The minimum Gasteiger partial charge on any atom is -0.452 e. The zero-order valence-corrected chi connectivity index (χ0v) is 14.9. The summed E-state index contributed by atoms with van der Waals surface area (Å²) in [7, 11) is -3.85. The second kappa shape index (κ2) is 9.28. The molecule has 1 aromatic rings. The molecule has 0 fully saturated rings. The quantitative estimate of drug-likeness (QED) is 0.521. The fraction of sp³-hybridized carbons (Fsp3) is 0.375. The highest BCUT2D eigenvalue weighted by Gasteiger charge is 2.25. The van der Waals surface area contributed by atoms with E-state index in [0.717, 1.165) is 18.2 Å². The zero-order valence-electron chi connectivity index (χ0n) is 14.1. The van der Waals surface area contributed by atoms with Gasteiger partial charge in [-0.1, -0.05) is 19.9 Å². The average molecular weight is 372 g/mol. The van der Waals surface area contributed by atoms with Crippen molar-refractivity contribution in [2.75, 3.05) is 26.2 Å². The van der Waals surface area contributed by atoms with E-state index >= 15 is 0 Å². The number of ether oxygens (including phenoxy) is 1. The van der Waals surface area contributed by atoms with Crippen LogP contribution in [-0.4, -0.2) is 50.8 Å². The summed E-state index contributed by atoms with van der Waals surface area (Å²) < 4.78 is 44.7. The second-order valence-corrected chi connectivity index (χ2v) is 6.84. The molecule has 0 aliphatic rings. The summed E-state index contributed by atoms with van der Waals surface area (Å²) in [6.45, 7) is 6.81. The van der Waals surface area contributed by atoms with Crippen LogP contribution in [0.15, 0.2) is 35.7 Å². The zero-order chi connectivity index (χ0) is 19.0. The molecular formula is C16H21FN2O5S. The summed E-state index contributed by atoms with van der Waals surface area (Å²) in [4.78, 5) is 23.1. The molecule has 1 N–H and O–H groups in total. The maximum Gasteiger partial charge on any atom is 0.341 e. The Bertz CT molecular complexity index is 745. The number of halogens is 1. The number of esters is 1. The van der Waals surface area contributed by atoms with E-state index in [9.17, 15) is 22.4 Å². The first-order valence-electron chi connectivity index (χ1n) is 7.62. The highest BCUT2D eigenvalue weighted by atomic mass is 32.2. The van der Waals surface area contributed by atoms with Crippen LogP contribution >= 0.6 is 0 Å². The predicted molar refractivity (Wildman–Crippen MR) is 90.0 cm³/mol. The lowest BCUT2D eigenvalue weighted by Crippen LogP contribution is -2.31. The first-order chi connectivity index (χ1) is 11.8. The lowest BCUT2D eigenvalue weighted by molar-refractivity contribution is -0.124. The molecule has 0 saturated carbocycles. The number of nitrogens with zero attached hydrogens (tertiary/aromatic N) is 1. The Morgan fingerprint density at radius 2 is 1.96 bits per heavy atom. The molecule has 0 radical (unpaired) electrons. The molecule has 0 aromatic heterocycles. The smallest absolute Gasteiger partial charge is 0.341 e. The predicted octanol–water partition coefficient (Wildman–Crippen LogP) is 1.32. The Balaban J connectivity index is 3.00. The van der Waals surface area contributed by atoms with Crippen molar-refractivity contribution in [2.45, 2.75) is 18.7 Å². The van der Waals surface area contributed by atoms with Crippen LogP contribution in [0.1, 0.15) is 24.2 Å². The first kappa shape index (κ1) is 20.8. The Kier molecular flexibility index (Phi) is 7.72. The molecule has 0 unspecified atom stereocenters. The number of benzene rings is 1. The number of carbonyl (C=O) groups is 2. The third kappa shape index (κ3) is 5.36. The topological polar surface area (TPSA) is 92.8 Å². The average Bonchev–Trinajstić information content (AvgIpc) is 2.58. The van der Waals surface area contributed by atoms with E-state index in [4.69, 9.17) is 4.74 Å². The highest BCUT2D eigenvalue weighted by molar-refractivity contribution is 7.89. The van der Waals surface area contributed by atoms with Crippen LogP contribution in [0, 0.1) is 5.82 Å². The second-order valence-electron chi connectivity index (χ2n) is 4.90. The summed E-state index contributed by atoms with van der Waals surface area (Å²) in [5.74, 6) is -2.64. The van der Waals surface area contributed by atoms with Gasteiger partial charge in [0, 0.05) is 19.6 Å². The van der Waals surface area contributed by atoms with Gasteiger partial charge in [0.2, 0.25) is 10.0 Å². The van der Waals surface area contributed by atoms with Crippen LogP contribution in [0.2, 0.25) is 0 Å². The number of hydrogen-bond acceptors (Lipinski definition) is 5. The number of hydrogen-bond donors (Lipinski definition) is 1. The van der Waals surface area contributed by atoms with Crippen molar-refractivity contribution in [3.63, 3.8) is 0 Å². The molecule has 1 amide bonds. The van der Waals surface area contributed by atoms with Gasteiger partial charge in [-0.2, -0.15) is 4.31 Å². The summed E-state index contributed by atoms with van der Waals surface area (Å²) in [6.07, 6.45) is 1.45. The van der Waals surface area contributed by atoms with Gasteiger partial charge in [-0.05, 0) is 18.2 Å². The maximum atomic E-state index is 13.9. The number of rotatable bonds is 9. The van der Waals surface area contributed by atoms with E-state index in [1.807, 2.05) is 0 Å². The van der Waals surface area contributed by atoms with Crippen LogP contribution in [0.3, 0.4) is 0 Å². The molecule has 9 heteroatoms. The van der Waals surface area contributed by atoms with Crippen LogP contribution in [-0.2, 0) is 19.6 Å². The third-order valence-corrected chi connectivity index (χ3v) is 5.32. The third-order valence-electron chi connectivity index (χ3n) is 3.28. The summed E-state index contributed by atoms with van der Waals surface area (Å²) in [6, 6.07) is 2.87. The number of nitrogens with one attached hydrogen (secondary N) is 1. The monoisotopic (exact) mass is 372 g/mol. The summed E-state index contributed by atoms with van der Waals surface area (Å²) >= 11 is 0. The van der Waals surface area contributed by atoms with Crippen LogP contribution in [0.5, 0.6) is 0 Å². The fourth-order valence-electron chi connectivity index (χ4n) is 1.98.